The fourth-order valence-corrected chi connectivity index (χ4v) is 6.63. The molecule has 1 atom stereocenters. The number of carbonyl (C=O) groups excluding carboxylic acids is 1. The van der Waals surface area contributed by atoms with Gasteiger partial charge in [-0.05, 0) is 62.8 Å². The molecule has 51 heavy (non-hydrogen) atoms. The summed E-state index contributed by atoms with van der Waals surface area (Å²) in [6.07, 6.45) is -1.54. The molecule has 0 radical (unpaired) electrons. The number of hydrogen-bond acceptors (Lipinski definition) is 6. The summed E-state index contributed by atoms with van der Waals surface area (Å²) in [5, 5.41) is 8.37. The first kappa shape index (κ1) is 33.7. The second-order valence-electron chi connectivity index (χ2n) is 12.7. The van der Waals surface area contributed by atoms with Gasteiger partial charge in [-0.25, -0.2) is 9.48 Å². The van der Waals surface area contributed by atoms with Crippen LogP contribution in [-0.2, 0) is 35.0 Å². The van der Waals surface area contributed by atoms with Gasteiger partial charge in [0.15, 0.2) is 17.0 Å². The number of alkyl halides is 3. The second-order valence-corrected chi connectivity index (χ2v) is 12.7. The zero-order valence-corrected chi connectivity index (χ0v) is 28.2. The van der Waals surface area contributed by atoms with Crippen LogP contribution in [0.25, 0.3) is 28.3 Å². The van der Waals surface area contributed by atoms with Gasteiger partial charge in [-0.1, -0.05) is 102 Å². The van der Waals surface area contributed by atoms with E-state index in [0.29, 0.717) is 48.3 Å². The molecular weight excluding hydrogens is 653 g/mol. The molecule has 0 saturated carbocycles. The molecule has 0 N–H and O–H groups in total. The number of aryl methyl sites for hydroxylation is 2. The van der Waals surface area contributed by atoms with Crippen molar-refractivity contribution in [2.75, 3.05) is 6.61 Å². The third-order valence-corrected chi connectivity index (χ3v) is 9.21. The predicted molar refractivity (Wildman–Crippen MR) is 189 cm³/mol. The van der Waals surface area contributed by atoms with Gasteiger partial charge in [-0.3, -0.25) is 4.99 Å². The molecule has 4 aromatic carbocycles. The second kappa shape index (κ2) is 13.9. The molecule has 0 fully saturated rings. The van der Waals surface area contributed by atoms with E-state index in [-0.39, 0.29) is 17.9 Å². The number of benzene rings is 4. The quantitative estimate of drug-likeness (QED) is 0.106. The van der Waals surface area contributed by atoms with Crippen molar-refractivity contribution < 1.29 is 27.2 Å². The van der Waals surface area contributed by atoms with Crippen LogP contribution in [0.1, 0.15) is 53.8 Å². The molecule has 2 heterocycles. The highest BCUT2D eigenvalue weighted by Gasteiger charge is 2.41. The van der Waals surface area contributed by atoms with Gasteiger partial charge in [0, 0.05) is 22.3 Å². The number of carbonyl (C=O) groups is 1. The summed E-state index contributed by atoms with van der Waals surface area (Å²) >= 11 is 0. The SMILES string of the molecule is CCOC(=O)C(C)(CCc1ccc2c(c1)CCc1c-2noc1-c1cnn(-c2ccccc2)c1C(F)(F)F)N=C(c1ccccc1)c1ccccc1. The van der Waals surface area contributed by atoms with E-state index in [1.165, 1.54) is 6.20 Å². The van der Waals surface area contributed by atoms with Gasteiger partial charge >= 0.3 is 12.1 Å². The molecular formula is C41H35F3N4O3. The minimum atomic E-state index is -4.69. The molecule has 10 heteroatoms. The van der Waals surface area contributed by atoms with E-state index in [2.05, 4.69) is 16.3 Å². The van der Waals surface area contributed by atoms with Crippen molar-refractivity contribution >= 4 is 11.7 Å². The first-order valence-corrected chi connectivity index (χ1v) is 16.9. The Labute approximate surface area is 293 Å². The van der Waals surface area contributed by atoms with Gasteiger partial charge in [0.2, 0.25) is 0 Å². The van der Waals surface area contributed by atoms with E-state index in [4.69, 9.17) is 14.3 Å². The molecule has 0 saturated heterocycles. The third kappa shape index (κ3) is 6.73. The van der Waals surface area contributed by atoms with Crippen LogP contribution < -0.4 is 0 Å². The maximum absolute atomic E-state index is 14.5. The fourth-order valence-electron chi connectivity index (χ4n) is 6.63. The van der Waals surface area contributed by atoms with Crippen molar-refractivity contribution in [1.82, 2.24) is 14.9 Å². The van der Waals surface area contributed by atoms with Crippen molar-refractivity contribution in [3.63, 3.8) is 0 Å². The van der Waals surface area contributed by atoms with Crippen molar-refractivity contribution in [2.24, 2.45) is 4.99 Å². The summed E-state index contributed by atoms with van der Waals surface area (Å²) in [5.74, 6) is -0.328. The van der Waals surface area contributed by atoms with E-state index in [1.807, 2.05) is 79.7 Å². The van der Waals surface area contributed by atoms with Gasteiger partial charge in [0.25, 0.3) is 0 Å². The topological polar surface area (TPSA) is 82.5 Å². The summed E-state index contributed by atoms with van der Waals surface area (Å²) in [6.45, 7) is 3.83. The maximum atomic E-state index is 14.5. The van der Waals surface area contributed by atoms with Crippen molar-refractivity contribution in [3.05, 3.63) is 149 Å². The molecule has 0 spiro atoms. The summed E-state index contributed by atoms with van der Waals surface area (Å²) < 4.78 is 55.5. The number of para-hydroxylation sites is 1. The molecule has 7 nitrogen and oxygen atoms in total. The van der Waals surface area contributed by atoms with Crippen LogP contribution in [0.15, 0.2) is 125 Å². The predicted octanol–water partition coefficient (Wildman–Crippen LogP) is 9.10. The maximum Gasteiger partial charge on any atom is 0.434 e. The van der Waals surface area contributed by atoms with E-state index in [0.717, 1.165) is 32.5 Å². The Kier molecular flexibility index (Phi) is 9.16. The van der Waals surface area contributed by atoms with Crippen LogP contribution in [0.5, 0.6) is 0 Å². The highest BCUT2D eigenvalue weighted by molar-refractivity contribution is 6.13. The third-order valence-electron chi connectivity index (χ3n) is 9.21. The number of ether oxygens (including phenoxy) is 1. The zero-order valence-electron chi connectivity index (χ0n) is 28.2. The number of nitrogens with zero attached hydrogens (tertiary/aromatic N) is 4. The Bertz CT molecular complexity index is 2150. The Balaban J connectivity index is 1.19. The van der Waals surface area contributed by atoms with Crippen molar-refractivity contribution in [1.29, 1.82) is 0 Å². The van der Waals surface area contributed by atoms with Gasteiger partial charge in [-0.15, -0.1) is 0 Å². The van der Waals surface area contributed by atoms with Crippen LogP contribution in [-0.4, -0.2) is 38.8 Å². The Morgan fingerprint density at radius 3 is 2.16 bits per heavy atom. The minimum absolute atomic E-state index is 0.0740. The smallest absolute Gasteiger partial charge is 0.434 e. The van der Waals surface area contributed by atoms with Gasteiger partial charge in [0.1, 0.15) is 5.69 Å². The molecule has 1 aliphatic rings. The average molecular weight is 689 g/mol. The van der Waals surface area contributed by atoms with Crippen LogP contribution in [0, 0.1) is 0 Å². The van der Waals surface area contributed by atoms with Gasteiger partial charge < -0.3 is 9.26 Å². The van der Waals surface area contributed by atoms with E-state index < -0.39 is 23.4 Å². The van der Waals surface area contributed by atoms with Gasteiger partial charge in [-0.2, -0.15) is 18.3 Å². The monoisotopic (exact) mass is 688 g/mol. The molecule has 7 rings (SSSR count). The van der Waals surface area contributed by atoms with Crippen LogP contribution in [0.2, 0.25) is 0 Å². The summed E-state index contributed by atoms with van der Waals surface area (Å²) in [6, 6.07) is 33.7. The Morgan fingerprint density at radius 1 is 0.882 bits per heavy atom. The molecule has 6 aromatic rings. The number of aliphatic imine (C=N–C) groups is 1. The molecule has 2 aromatic heterocycles. The number of esters is 1. The summed E-state index contributed by atoms with van der Waals surface area (Å²) in [4.78, 5) is 18.6. The number of rotatable bonds is 10. The lowest BCUT2D eigenvalue weighted by Gasteiger charge is -2.25. The summed E-state index contributed by atoms with van der Waals surface area (Å²) in [5.41, 5.74) is 4.49. The zero-order chi connectivity index (χ0) is 35.6. The molecule has 0 aliphatic heterocycles. The Morgan fingerprint density at radius 2 is 1.53 bits per heavy atom. The fraction of sp³-hybridized carbons (Fsp3) is 0.220. The Hall–Kier alpha value is -5.77. The number of hydrogen-bond donors (Lipinski definition) is 0. The van der Waals surface area contributed by atoms with E-state index in [1.54, 1.807) is 37.3 Å². The normalized spacial score (nSPS) is 13.5. The number of aromatic nitrogens is 3. The first-order valence-electron chi connectivity index (χ1n) is 16.9. The lowest BCUT2D eigenvalue weighted by molar-refractivity contribution is -0.149. The van der Waals surface area contributed by atoms with Crippen molar-refractivity contribution in [3.8, 4) is 28.3 Å². The largest absolute Gasteiger partial charge is 0.464 e. The molecule has 0 bridgehead atoms. The highest BCUT2D eigenvalue weighted by Crippen LogP contribution is 2.44. The van der Waals surface area contributed by atoms with Crippen LogP contribution in [0.4, 0.5) is 13.2 Å². The minimum Gasteiger partial charge on any atom is -0.464 e. The van der Waals surface area contributed by atoms with Gasteiger partial charge in [0.05, 0.1) is 29.8 Å². The van der Waals surface area contributed by atoms with E-state index in [9.17, 15) is 18.0 Å². The average Bonchev–Trinajstić information content (AvgIpc) is 3.80. The number of fused-ring (bicyclic) bond motifs is 3. The standard InChI is InChI=1S/C41H35F3N4O3/c1-3-50-39(49)40(2,46-35(28-13-7-4-8-14-28)29-15-9-5-10-16-29)24-23-27-19-21-32-30(25-27)20-22-33-36(32)47-51-37(33)34-26-45-48(38(34)41(42,43)44)31-17-11-6-12-18-31/h4-19,21,25-26H,3,20,22-24H2,1-2H3. The molecule has 1 unspecified atom stereocenters. The van der Waals surface area contributed by atoms with Crippen LogP contribution in [0.3, 0.4) is 0 Å². The lowest BCUT2D eigenvalue weighted by atomic mass is 9.85. The molecule has 1 aliphatic carbocycles. The van der Waals surface area contributed by atoms with Crippen LogP contribution >= 0.6 is 0 Å². The van der Waals surface area contributed by atoms with Crippen molar-refractivity contribution in [2.45, 2.75) is 51.2 Å². The molecule has 0 amide bonds. The lowest BCUT2D eigenvalue weighted by Crippen LogP contribution is -2.37. The first-order chi connectivity index (χ1) is 24.7. The number of halogens is 3. The highest BCUT2D eigenvalue weighted by atomic mass is 19.4. The summed E-state index contributed by atoms with van der Waals surface area (Å²) in [7, 11) is 0. The molecule has 258 valence electrons. The van der Waals surface area contributed by atoms with E-state index >= 15 is 0 Å².